The topological polar surface area (TPSA) is 68.3 Å². The summed E-state index contributed by atoms with van der Waals surface area (Å²) in [6, 6.07) is 13.5. The van der Waals surface area contributed by atoms with Crippen molar-refractivity contribution in [3.63, 3.8) is 0 Å². The number of nitrogens with one attached hydrogen (secondary N) is 2. The highest BCUT2D eigenvalue weighted by Gasteiger charge is 2.11. The first kappa shape index (κ1) is 19.8. The highest BCUT2D eigenvalue weighted by atomic mass is 35.5. The molecule has 2 N–H and O–H groups in total. The predicted molar refractivity (Wildman–Crippen MR) is 114 cm³/mol. The van der Waals surface area contributed by atoms with Gasteiger partial charge in [0, 0.05) is 24.0 Å². The fraction of sp³-hybridized carbons (Fsp3) is 0.238. The van der Waals surface area contributed by atoms with Gasteiger partial charge in [0.1, 0.15) is 17.3 Å². The van der Waals surface area contributed by atoms with Crippen molar-refractivity contribution in [2.24, 2.45) is 0 Å². The highest BCUT2D eigenvalue weighted by Crippen LogP contribution is 2.37. The minimum atomic E-state index is 0.472. The van der Waals surface area contributed by atoms with Crippen LogP contribution in [-0.4, -0.2) is 24.2 Å². The van der Waals surface area contributed by atoms with Gasteiger partial charge >= 0.3 is 0 Å². The Labute approximate surface area is 169 Å². The van der Waals surface area contributed by atoms with E-state index in [4.69, 9.17) is 21.1 Å². The normalized spacial score (nSPS) is 10.6. The van der Waals surface area contributed by atoms with Crippen LogP contribution in [0.2, 0.25) is 5.02 Å². The van der Waals surface area contributed by atoms with E-state index in [2.05, 4.69) is 46.6 Å². The molecule has 0 aliphatic carbocycles. The van der Waals surface area contributed by atoms with Gasteiger partial charge in [-0.3, -0.25) is 0 Å². The summed E-state index contributed by atoms with van der Waals surface area (Å²) in [6.45, 7) is 4.33. The van der Waals surface area contributed by atoms with Gasteiger partial charge in [-0.25, -0.2) is 4.98 Å². The Morgan fingerprint density at radius 1 is 0.929 bits per heavy atom. The summed E-state index contributed by atoms with van der Waals surface area (Å²) in [5.74, 6) is 2.72. The number of aromatic nitrogens is 2. The Morgan fingerprint density at radius 2 is 1.64 bits per heavy atom. The second-order valence-electron chi connectivity index (χ2n) is 6.48. The smallest absolute Gasteiger partial charge is 0.229 e. The minimum Gasteiger partial charge on any atom is -0.495 e. The van der Waals surface area contributed by atoms with E-state index in [-0.39, 0.29) is 0 Å². The molecule has 6 nitrogen and oxygen atoms in total. The fourth-order valence-corrected chi connectivity index (χ4v) is 2.90. The van der Waals surface area contributed by atoms with Gasteiger partial charge < -0.3 is 20.1 Å². The number of ether oxygens (including phenoxy) is 2. The average molecular weight is 399 g/mol. The number of nitrogens with zero attached hydrogens (tertiary/aromatic N) is 2. The molecule has 0 saturated heterocycles. The van der Waals surface area contributed by atoms with Crippen molar-refractivity contribution in [1.29, 1.82) is 0 Å². The fourth-order valence-electron chi connectivity index (χ4n) is 2.67. The first-order valence-electron chi connectivity index (χ1n) is 8.88. The number of methoxy groups -OCH3 is 2. The van der Waals surface area contributed by atoms with Gasteiger partial charge in [-0.2, -0.15) is 4.98 Å². The lowest BCUT2D eigenvalue weighted by Gasteiger charge is -2.14. The van der Waals surface area contributed by atoms with E-state index < -0.39 is 0 Å². The summed E-state index contributed by atoms with van der Waals surface area (Å²) in [5, 5.41) is 6.91. The van der Waals surface area contributed by atoms with Gasteiger partial charge in [-0.05, 0) is 29.7 Å². The monoisotopic (exact) mass is 398 g/mol. The summed E-state index contributed by atoms with van der Waals surface area (Å²) in [4.78, 5) is 8.80. The molecule has 7 heteroatoms. The molecule has 0 spiro atoms. The highest BCUT2D eigenvalue weighted by molar-refractivity contribution is 6.32. The molecule has 0 aliphatic heterocycles. The zero-order valence-electron chi connectivity index (χ0n) is 16.3. The summed E-state index contributed by atoms with van der Waals surface area (Å²) in [6.07, 6.45) is 1.68. The summed E-state index contributed by atoms with van der Waals surface area (Å²) < 4.78 is 10.7. The van der Waals surface area contributed by atoms with Crippen molar-refractivity contribution in [2.75, 3.05) is 24.9 Å². The molecular formula is C21H23ClN4O2. The summed E-state index contributed by atoms with van der Waals surface area (Å²) in [5.41, 5.74) is 2.90. The number of benzene rings is 2. The van der Waals surface area contributed by atoms with Crippen molar-refractivity contribution >= 4 is 34.7 Å². The van der Waals surface area contributed by atoms with Crippen molar-refractivity contribution in [3.8, 4) is 11.5 Å². The number of rotatable bonds is 7. The van der Waals surface area contributed by atoms with Crippen molar-refractivity contribution in [1.82, 2.24) is 9.97 Å². The summed E-state index contributed by atoms with van der Waals surface area (Å²) >= 11 is 6.16. The number of halogens is 1. The van der Waals surface area contributed by atoms with E-state index in [0.717, 1.165) is 5.69 Å². The molecule has 3 rings (SSSR count). The molecule has 2 aromatic carbocycles. The van der Waals surface area contributed by atoms with Gasteiger partial charge in [0.25, 0.3) is 0 Å². The Bertz CT molecular complexity index is 946. The standard InChI is InChI=1S/C21H23ClN4O2/c1-13(2)14-5-7-15(8-6-14)24-21-23-10-9-20(26-21)25-17-12-18(27-3)16(22)11-19(17)28-4/h5-13H,1-4H3,(H2,23,24,25,26). The van der Waals surface area contributed by atoms with Crippen LogP contribution in [0.3, 0.4) is 0 Å². The molecule has 0 unspecified atom stereocenters. The summed E-state index contributed by atoms with van der Waals surface area (Å²) in [7, 11) is 3.14. The van der Waals surface area contributed by atoms with Crippen LogP contribution in [0.1, 0.15) is 25.3 Å². The van der Waals surface area contributed by atoms with Crippen LogP contribution >= 0.6 is 11.6 Å². The Morgan fingerprint density at radius 3 is 2.29 bits per heavy atom. The molecule has 0 amide bonds. The van der Waals surface area contributed by atoms with Crippen LogP contribution < -0.4 is 20.1 Å². The van der Waals surface area contributed by atoms with Gasteiger partial charge in [-0.1, -0.05) is 37.6 Å². The lowest BCUT2D eigenvalue weighted by molar-refractivity contribution is 0.405. The van der Waals surface area contributed by atoms with Gasteiger partial charge in [-0.15, -0.1) is 0 Å². The van der Waals surface area contributed by atoms with Gasteiger partial charge in [0.05, 0.1) is 24.9 Å². The molecule has 0 saturated carbocycles. The number of anilines is 4. The first-order chi connectivity index (χ1) is 13.5. The van der Waals surface area contributed by atoms with Crippen molar-refractivity contribution < 1.29 is 9.47 Å². The third-order valence-electron chi connectivity index (χ3n) is 4.23. The molecule has 0 atom stereocenters. The van der Waals surface area contributed by atoms with Crippen molar-refractivity contribution in [3.05, 3.63) is 59.2 Å². The van der Waals surface area contributed by atoms with Crippen LogP contribution in [0, 0.1) is 0 Å². The Kier molecular flexibility index (Phi) is 6.21. The Hall–Kier alpha value is -2.99. The molecule has 0 bridgehead atoms. The van der Waals surface area contributed by atoms with E-state index in [9.17, 15) is 0 Å². The SMILES string of the molecule is COc1cc(Nc2ccnc(Nc3ccc(C(C)C)cc3)n2)c(OC)cc1Cl. The molecule has 28 heavy (non-hydrogen) atoms. The maximum atomic E-state index is 6.16. The van der Waals surface area contributed by atoms with Gasteiger partial charge in [0.15, 0.2) is 0 Å². The first-order valence-corrected chi connectivity index (χ1v) is 9.26. The quantitative estimate of drug-likeness (QED) is 0.527. The minimum absolute atomic E-state index is 0.472. The molecule has 0 fully saturated rings. The lowest BCUT2D eigenvalue weighted by atomic mass is 10.0. The number of hydrogen-bond donors (Lipinski definition) is 2. The van der Waals surface area contributed by atoms with Crippen LogP contribution in [0.4, 0.5) is 23.1 Å². The van der Waals surface area contributed by atoms with Crippen LogP contribution in [0.25, 0.3) is 0 Å². The van der Waals surface area contributed by atoms with Crippen LogP contribution in [0.15, 0.2) is 48.7 Å². The maximum Gasteiger partial charge on any atom is 0.229 e. The molecular weight excluding hydrogens is 376 g/mol. The van der Waals surface area contributed by atoms with E-state index in [1.54, 1.807) is 38.6 Å². The molecule has 0 aliphatic rings. The zero-order chi connectivity index (χ0) is 20.1. The number of hydrogen-bond acceptors (Lipinski definition) is 6. The molecule has 1 aromatic heterocycles. The zero-order valence-corrected chi connectivity index (χ0v) is 17.0. The second-order valence-corrected chi connectivity index (χ2v) is 6.89. The Balaban J connectivity index is 1.80. The molecule has 3 aromatic rings. The predicted octanol–water partition coefficient (Wildman–Crippen LogP) is 5.76. The van der Waals surface area contributed by atoms with Crippen LogP contribution in [-0.2, 0) is 0 Å². The lowest BCUT2D eigenvalue weighted by Crippen LogP contribution is -2.02. The van der Waals surface area contributed by atoms with Crippen LogP contribution in [0.5, 0.6) is 11.5 Å². The second kappa shape index (κ2) is 8.80. The van der Waals surface area contributed by atoms with E-state index in [0.29, 0.717) is 39.9 Å². The van der Waals surface area contributed by atoms with E-state index in [1.165, 1.54) is 5.56 Å². The van der Waals surface area contributed by atoms with E-state index in [1.807, 2.05) is 12.1 Å². The third kappa shape index (κ3) is 4.64. The third-order valence-corrected chi connectivity index (χ3v) is 4.52. The van der Waals surface area contributed by atoms with Crippen molar-refractivity contribution in [2.45, 2.75) is 19.8 Å². The average Bonchev–Trinajstić information content (AvgIpc) is 2.69. The molecule has 146 valence electrons. The van der Waals surface area contributed by atoms with Gasteiger partial charge in [0.2, 0.25) is 5.95 Å². The maximum absolute atomic E-state index is 6.16. The largest absolute Gasteiger partial charge is 0.495 e. The molecule has 0 radical (unpaired) electrons. The molecule has 1 heterocycles. The van der Waals surface area contributed by atoms with E-state index >= 15 is 0 Å².